The lowest BCUT2D eigenvalue weighted by atomic mass is 9.70. The van der Waals surface area contributed by atoms with E-state index < -0.39 is 17.4 Å². The lowest BCUT2D eigenvalue weighted by Crippen LogP contribution is -2.38. The van der Waals surface area contributed by atoms with Crippen LogP contribution < -0.4 is 11.5 Å². The maximum Gasteiger partial charge on any atom is 0.318 e. The Morgan fingerprint density at radius 3 is 2.14 bits per heavy atom. The monoisotopic (exact) mass is 486 g/mol. The summed E-state index contributed by atoms with van der Waals surface area (Å²) in [4.78, 5) is 36.1. The molecule has 0 aliphatic rings. The normalized spacial score (nSPS) is 12.8. The highest BCUT2D eigenvalue weighted by Gasteiger charge is 2.43. The zero-order valence-corrected chi connectivity index (χ0v) is 19.9. The van der Waals surface area contributed by atoms with Crippen LogP contribution in [0, 0.1) is 0 Å². The second kappa shape index (κ2) is 11.8. The third-order valence-electron chi connectivity index (χ3n) is 6.23. The molecule has 0 saturated heterocycles. The first-order valence-electron chi connectivity index (χ1n) is 11.7. The minimum absolute atomic E-state index is 0.0345. The Balaban J connectivity index is 1.93. The van der Waals surface area contributed by atoms with Gasteiger partial charge in [0.15, 0.2) is 5.78 Å². The number of carbonyl (C=O) groups excluding carboxylic acids is 1. The Labute approximate surface area is 210 Å². The molecule has 0 heterocycles. The number of nitrogen functional groups attached to an aromatic ring is 2. The Bertz CT molecular complexity index is 1250. The molecule has 3 aromatic rings. The standard InChI is InChI=1S/C29H30N2O5/c30-23-15-16-24(25(31)19-23)29(28(35)36,18-6-2-5-9-27(33)34)22-13-10-20(11-14-22)12-17-26(32)21-7-3-1-4-8-21/h1,3-4,7-8,10-17,19H,2,5-6,9,18,30-31H2,(H,33,34)(H,35,36)/b17-12+. The van der Waals surface area contributed by atoms with Gasteiger partial charge in [0.2, 0.25) is 0 Å². The summed E-state index contributed by atoms with van der Waals surface area (Å²) in [5.41, 5.74) is 13.7. The number of aliphatic carboxylic acids is 2. The van der Waals surface area contributed by atoms with Crippen LogP contribution in [0.25, 0.3) is 6.08 Å². The van der Waals surface area contributed by atoms with Crippen LogP contribution in [-0.2, 0) is 15.0 Å². The Kier molecular flexibility index (Phi) is 8.62. The zero-order chi connectivity index (χ0) is 26.1. The van der Waals surface area contributed by atoms with Gasteiger partial charge in [-0.05, 0) is 47.7 Å². The Hall–Kier alpha value is -4.39. The summed E-state index contributed by atoms with van der Waals surface area (Å²) in [6, 6.07) is 20.7. The Morgan fingerprint density at radius 1 is 0.833 bits per heavy atom. The van der Waals surface area contributed by atoms with Crippen molar-refractivity contribution < 1.29 is 24.6 Å². The number of nitrogens with two attached hydrogens (primary N) is 2. The number of hydrogen-bond acceptors (Lipinski definition) is 5. The second-order valence-corrected chi connectivity index (χ2v) is 8.70. The molecule has 0 aliphatic heterocycles. The van der Waals surface area contributed by atoms with Gasteiger partial charge in [0.25, 0.3) is 0 Å². The van der Waals surface area contributed by atoms with Gasteiger partial charge in [-0.1, -0.05) is 79.6 Å². The van der Waals surface area contributed by atoms with E-state index in [9.17, 15) is 19.5 Å². The van der Waals surface area contributed by atoms with E-state index in [1.807, 2.05) is 6.07 Å². The molecule has 1 atom stereocenters. The molecule has 3 aromatic carbocycles. The predicted octanol–water partition coefficient (Wildman–Crippen LogP) is 5.15. The average Bonchev–Trinajstić information content (AvgIpc) is 2.86. The van der Waals surface area contributed by atoms with Crippen LogP contribution in [0.1, 0.15) is 59.2 Å². The van der Waals surface area contributed by atoms with E-state index in [0.29, 0.717) is 41.6 Å². The van der Waals surface area contributed by atoms with E-state index in [4.69, 9.17) is 16.6 Å². The molecule has 0 bridgehead atoms. The lowest BCUT2D eigenvalue weighted by molar-refractivity contribution is -0.142. The first-order valence-corrected chi connectivity index (χ1v) is 11.7. The van der Waals surface area contributed by atoms with Gasteiger partial charge in [0, 0.05) is 23.4 Å². The van der Waals surface area contributed by atoms with Crippen molar-refractivity contribution in [3.05, 3.63) is 101 Å². The Morgan fingerprint density at radius 2 is 1.53 bits per heavy atom. The molecule has 6 N–H and O–H groups in total. The number of anilines is 2. The summed E-state index contributed by atoms with van der Waals surface area (Å²) in [6.45, 7) is 0. The van der Waals surface area contributed by atoms with Crippen molar-refractivity contribution in [3.8, 4) is 0 Å². The zero-order valence-electron chi connectivity index (χ0n) is 19.9. The van der Waals surface area contributed by atoms with Gasteiger partial charge in [0.1, 0.15) is 5.41 Å². The van der Waals surface area contributed by atoms with E-state index >= 15 is 0 Å². The molecular weight excluding hydrogens is 456 g/mol. The van der Waals surface area contributed by atoms with Crippen molar-refractivity contribution in [3.63, 3.8) is 0 Å². The molecule has 36 heavy (non-hydrogen) atoms. The van der Waals surface area contributed by atoms with Gasteiger partial charge >= 0.3 is 11.9 Å². The maximum absolute atomic E-state index is 12.8. The molecule has 0 amide bonds. The summed E-state index contributed by atoms with van der Waals surface area (Å²) in [6.07, 6.45) is 4.96. The van der Waals surface area contributed by atoms with E-state index in [-0.39, 0.29) is 24.3 Å². The fourth-order valence-electron chi connectivity index (χ4n) is 4.34. The molecule has 0 radical (unpaired) electrons. The first-order chi connectivity index (χ1) is 17.2. The van der Waals surface area contributed by atoms with E-state index in [1.165, 1.54) is 6.08 Å². The molecule has 186 valence electrons. The number of hydrogen-bond donors (Lipinski definition) is 4. The maximum atomic E-state index is 12.8. The van der Waals surface area contributed by atoms with Gasteiger partial charge in [-0.3, -0.25) is 14.4 Å². The second-order valence-electron chi connectivity index (χ2n) is 8.70. The highest BCUT2D eigenvalue weighted by atomic mass is 16.4. The summed E-state index contributed by atoms with van der Waals surface area (Å²) in [5.74, 6) is -2.06. The summed E-state index contributed by atoms with van der Waals surface area (Å²) in [5, 5.41) is 19.4. The minimum Gasteiger partial charge on any atom is -0.481 e. The first kappa shape index (κ1) is 26.2. The number of allylic oxidation sites excluding steroid dienone is 1. The van der Waals surface area contributed by atoms with Crippen LogP contribution >= 0.6 is 0 Å². The van der Waals surface area contributed by atoms with Gasteiger partial charge in [-0.25, -0.2) is 0 Å². The van der Waals surface area contributed by atoms with Crippen molar-refractivity contribution in [2.45, 2.75) is 37.5 Å². The molecule has 7 nitrogen and oxygen atoms in total. The van der Waals surface area contributed by atoms with Gasteiger partial charge in [-0.15, -0.1) is 0 Å². The van der Waals surface area contributed by atoms with Crippen molar-refractivity contribution in [2.75, 3.05) is 11.5 Å². The van der Waals surface area contributed by atoms with E-state index in [1.54, 1.807) is 72.8 Å². The van der Waals surface area contributed by atoms with Crippen LogP contribution in [0.4, 0.5) is 11.4 Å². The number of carboxylic acid groups (broad SMARTS) is 2. The molecule has 0 saturated carbocycles. The minimum atomic E-state index is -1.44. The largest absolute Gasteiger partial charge is 0.481 e. The van der Waals surface area contributed by atoms with Gasteiger partial charge in [0.05, 0.1) is 0 Å². The highest BCUT2D eigenvalue weighted by Crippen LogP contribution is 2.41. The SMILES string of the molecule is Nc1ccc(C(CCCCCC(=O)O)(C(=O)O)c2ccc(/C=C/C(=O)c3ccccc3)cc2)c(N)c1. The number of carbonyl (C=O) groups is 3. The molecule has 0 aliphatic carbocycles. The quantitative estimate of drug-likeness (QED) is 0.120. The predicted molar refractivity (Wildman–Crippen MR) is 141 cm³/mol. The van der Waals surface area contributed by atoms with Crippen LogP contribution in [0.15, 0.2) is 78.9 Å². The summed E-state index contributed by atoms with van der Waals surface area (Å²) >= 11 is 0. The molecule has 3 rings (SSSR count). The molecule has 0 aromatic heterocycles. The van der Waals surface area contributed by atoms with E-state index in [0.717, 1.165) is 5.56 Å². The van der Waals surface area contributed by atoms with Crippen LogP contribution in [0.3, 0.4) is 0 Å². The third kappa shape index (κ3) is 6.18. The summed E-state index contributed by atoms with van der Waals surface area (Å²) in [7, 11) is 0. The topological polar surface area (TPSA) is 144 Å². The molecule has 0 spiro atoms. The van der Waals surface area contributed by atoms with Crippen LogP contribution in [0.2, 0.25) is 0 Å². The van der Waals surface area contributed by atoms with Crippen molar-refractivity contribution in [1.29, 1.82) is 0 Å². The van der Waals surface area contributed by atoms with Gasteiger partial charge in [-0.2, -0.15) is 0 Å². The van der Waals surface area contributed by atoms with Crippen molar-refractivity contribution >= 4 is 35.2 Å². The molecule has 1 unspecified atom stereocenters. The third-order valence-corrected chi connectivity index (χ3v) is 6.23. The van der Waals surface area contributed by atoms with Crippen LogP contribution in [0.5, 0.6) is 0 Å². The number of benzene rings is 3. The lowest BCUT2D eigenvalue weighted by Gasteiger charge is -2.32. The van der Waals surface area contributed by atoms with Crippen LogP contribution in [-0.4, -0.2) is 27.9 Å². The number of unbranched alkanes of at least 4 members (excludes halogenated alkanes) is 2. The highest BCUT2D eigenvalue weighted by molar-refractivity contribution is 6.06. The smallest absolute Gasteiger partial charge is 0.318 e. The van der Waals surface area contributed by atoms with Crippen molar-refractivity contribution in [2.24, 2.45) is 0 Å². The average molecular weight is 487 g/mol. The van der Waals surface area contributed by atoms with Crippen molar-refractivity contribution in [1.82, 2.24) is 0 Å². The number of carboxylic acids is 2. The van der Waals surface area contributed by atoms with E-state index in [2.05, 4.69) is 0 Å². The molecule has 7 heteroatoms. The molecular formula is C29H30N2O5. The molecule has 0 fully saturated rings. The number of ketones is 1. The fraction of sp³-hybridized carbons (Fsp3) is 0.207. The number of rotatable bonds is 12. The van der Waals surface area contributed by atoms with Gasteiger partial charge < -0.3 is 21.7 Å². The summed E-state index contributed by atoms with van der Waals surface area (Å²) < 4.78 is 0. The fourth-order valence-corrected chi connectivity index (χ4v) is 4.34.